The molecular formula is C8H11N3O4. The molecule has 1 fully saturated rings. The molecule has 0 bridgehead atoms. The van der Waals surface area contributed by atoms with E-state index >= 15 is 0 Å². The summed E-state index contributed by atoms with van der Waals surface area (Å²) in [5.41, 5.74) is -0.114. The smallest absolute Gasteiger partial charge is 0.350 e. The van der Waals surface area contributed by atoms with Gasteiger partial charge < -0.3 is 9.47 Å². The van der Waals surface area contributed by atoms with Crippen LogP contribution >= 0.6 is 0 Å². The fraction of sp³-hybridized carbons (Fsp3) is 0.625. The maximum Gasteiger partial charge on any atom is 0.350 e. The van der Waals surface area contributed by atoms with Crippen molar-refractivity contribution in [2.24, 2.45) is 7.05 Å². The monoisotopic (exact) mass is 213 g/mol. The Hall–Kier alpha value is -1.63. The molecule has 0 spiro atoms. The van der Waals surface area contributed by atoms with Crippen LogP contribution in [0.5, 0.6) is 5.88 Å². The highest BCUT2D eigenvalue weighted by Gasteiger charge is 2.33. The van der Waals surface area contributed by atoms with Crippen LogP contribution in [0.1, 0.15) is 6.92 Å². The number of rotatable bonds is 3. The molecule has 2 atom stereocenters. The molecule has 1 aliphatic rings. The van der Waals surface area contributed by atoms with Crippen LogP contribution in [0.3, 0.4) is 0 Å². The molecule has 7 heteroatoms. The van der Waals surface area contributed by atoms with Crippen LogP contribution < -0.4 is 4.74 Å². The highest BCUT2D eigenvalue weighted by Crippen LogP contribution is 2.27. The molecule has 0 aromatic carbocycles. The fourth-order valence-corrected chi connectivity index (χ4v) is 1.31. The number of nitrogens with zero attached hydrogens (tertiary/aromatic N) is 3. The fourth-order valence-electron chi connectivity index (χ4n) is 1.31. The second-order valence-corrected chi connectivity index (χ2v) is 3.45. The van der Waals surface area contributed by atoms with Crippen LogP contribution in [-0.2, 0) is 11.8 Å². The molecule has 0 aliphatic carbocycles. The van der Waals surface area contributed by atoms with Gasteiger partial charge in [-0.25, -0.2) is 0 Å². The lowest BCUT2D eigenvalue weighted by Gasteiger charge is -2.32. The van der Waals surface area contributed by atoms with E-state index in [0.29, 0.717) is 6.61 Å². The standard InChI is InChI=1S/C8H11N3O4/c1-5-7(4-14-5)15-8-6(11(12)13)3-10(2)9-8/h3,5,7H,4H2,1-2H3/t5-,7+/m0/s1. The summed E-state index contributed by atoms with van der Waals surface area (Å²) in [7, 11) is 1.61. The number of aromatic nitrogens is 2. The predicted molar refractivity (Wildman–Crippen MR) is 49.7 cm³/mol. The molecule has 2 rings (SSSR count). The lowest BCUT2D eigenvalue weighted by Crippen LogP contribution is -2.46. The van der Waals surface area contributed by atoms with Crippen LogP contribution in [0.4, 0.5) is 5.69 Å². The molecule has 2 heterocycles. The molecule has 1 aromatic rings. The number of hydrogen-bond donors (Lipinski definition) is 0. The molecule has 82 valence electrons. The summed E-state index contributed by atoms with van der Waals surface area (Å²) in [6.45, 7) is 2.30. The van der Waals surface area contributed by atoms with E-state index in [1.54, 1.807) is 7.05 Å². The zero-order chi connectivity index (χ0) is 11.0. The Morgan fingerprint density at radius 1 is 1.80 bits per heavy atom. The van der Waals surface area contributed by atoms with Crippen molar-refractivity contribution in [1.82, 2.24) is 9.78 Å². The summed E-state index contributed by atoms with van der Waals surface area (Å²) in [5.74, 6) is 0.0580. The molecule has 0 unspecified atom stereocenters. The van der Waals surface area contributed by atoms with Gasteiger partial charge in [0.15, 0.2) is 0 Å². The van der Waals surface area contributed by atoms with E-state index in [9.17, 15) is 10.1 Å². The van der Waals surface area contributed by atoms with E-state index in [1.165, 1.54) is 10.9 Å². The van der Waals surface area contributed by atoms with Crippen LogP contribution in [0, 0.1) is 10.1 Å². The van der Waals surface area contributed by atoms with E-state index in [2.05, 4.69) is 5.10 Å². The molecule has 1 aromatic heterocycles. The first-order valence-electron chi connectivity index (χ1n) is 4.54. The van der Waals surface area contributed by atoms with Crippen LogP contribution in [0.25, 0.3) is 0 Å². The second-order valence-electron chi connectivity index (χ2n) is 3.45. The third-order valence-electron chi connectivity index (χ3n) is 2.28. The first-order valence-corrected chi connectivity index (χ1v) is 4.54. The lowest BCUT2D eigenvalue weighted by molar-refractivity contribution is -0.386. The van der Waals surface area contributed by atoms with Crippen molar-refractivity contribution >= 4 is 5.69 Å². The number of hydrogen-bond acceptors (Lipinski definition) is 5. The minimum atomic E-state index is -0.507. The highest BCUT2D eigenvalue weighted by atomic mass is 16.6. The van der Waals surface area contributed by atoms with Gasteiger partial charge in [0.25, 0.3) is 0 Å². The first kappa shape index (κ1) is 9.91. The summed E-state index contributed by atoms with van der Waals surface area (Å²) >= 11 is 0. The summed E-state index contributed by atoms with van der Waals surface area (Å²) in [6, 6.07) is 0. The summed E-state index contributed by atoms with van der Waals surface area (Å²) in [6.07, 6.45) is 1.14. The molecular weight excluding hydrogens is 202 g/mol. The SMILES string of the molecule is C[C@@H]1OC[C@H]1Oc1nn(C)cc1[N+](=O)[O-]. The first-order chi connectivity index (χ1) is 7.08. The van der Waals surface area contributed by atoms with Crippen LogP contribution in [0.2, 0.25) is 0 Å². The molecule has 0 amide bonds. The van der Waals surface area contributed by atoms with Crippen molar-refractivity contribution in [3.8, 4) is 5.88 Å². The van der Waals surface area contributed by atoms with Gasteiger partial charge in [-0.2, -0.15) is 0 Å². The molecule has 15 heavy (non-hydrogen) atoms. The third-order valence-corrected chi connectivity index (χ3v) is 2.28. The normalized spacial score (nSPS) is 24.7. The Kier molecular flexibility index (Phi) is 2.31. The number of ether oxygens (including phenoxy) is 2. The summed E-state index contributed by atoms with van der Waals surface area (Å²) in [4.78, 5) is 10.1. The Balaban J connectivity index is 2.16. The van der Waals surface area contributed by atoms with Gasteiger partial charge in [-0.3, -0.25) is 14.8 Å². The minimum absolute atomic E-state index is 0.0355. The quantitative estimate of drug-likeness (QED) is 0.539. The van der Waals surface area contributed by atoms with Crippen molar-refractivity contribution in [2.75, 3.05) is 6.61 Å². The Morgan fingerprint density at radius 2 is 2.53 bits per heavy atom. The minimum Gasteiger partial charge on any atom is -0.463 e. The van der Waals surface area contributed by atoms with Crippen LogP contribution in [-0.4, -0.2) is 33.5 Å². The van der Waals surface area contributed by atoms with Crippen molar-refractivity contribution in [3.05, 3.63) is 16.3 Å². The second kappa shape index (κ2) is 3.50. The van der Waals surface area contributed by atoms with Gasteiger partial charge >= 0.3 is 11.6 Å². The van der Waals surface area contributed by atoms with Gasteiger partial charge in [0.2, 0.25) is 0 Å². The van der Waals surface area contributed by atoms with Gasteiger partial charge in [-0.05, 0) is 6.92 Å². The van der Waals surface area contributed by atoms with Gasteiger partial charge in [0.1, 0.15) is 12.3 Å². The van der Waals surface area contributed by atoms with Crippen molar-refractivity contribution in [2.45, 2.75) is 19.1 Å². The van der Waals surface area contributed by atoms with Crippen molar-refractivity contribution < 1.29 is 14.4 Å². The van der Waals surface area contributed by atoms with Gasteiger partial charge in [-0.1, -0.05) is 0 Å². The Morgan fingerprint density at radius 3 is 3.00 bits per heavy atom. The van der Waals surface area contributed by atoms with E-state index in [4.69, 9.17) is 9.47 Å². The van der Waals surface area contributed by atoms with E-state index in [1.807, 2.05) is 6.92 Å². The van der Waals surface area contributed by atoms with E-state index in [0.717, 1.165) is 0 Å². The highest BCUT2D eigenvalue weighted by molar-refractivity contribution is 5.38. The van der Waals surface area contributed by atoms with Crippen molar-refractivity contribution in [3.63, 3.8) is 0 Å². The average molecular weight is 213 g/mol. The summed E-state index contributed by atoms with van der Waals surface area (Å²) in [5, 5.41) is 14.5. The lowest BCUT2D eigenvalue weighted by atomic mass is 10.2. The molecule has 0 saturated carbocycles. The topological polar surface area (TPSA) is 79.4 Å². The average Bonchev–Trinajstić information content (AvgIpc) is 2.54. The third kappa shape index (κ3) is 1.78. The maximum atomic E-state index is 10.6. The summed E-state index contributed by atoms with van der Waals surface area (Å²) < 4.78 is 11.8. The van der Waals surface area contributed by atoms with Gasteiger partial charge in [0.05, 0.1) is 17.6 Å². The van der Waals surface area contributed by atoms with Crippen LogP contribution in [0.15, 0.2) is 6.20 Å². The largest absolute Gasteiger partial charge is 0.463 e. The molecule has 7 nitrogen and oxygen atoms in total. The van der Waals surface area contributed by atoms with Crippen molar-refractivity contribution in [1.29, 1.82) is 0 Å². The number of aryl methyl sites for hydroxylation is 1. The molecule has 0 N–H and O–H groups in total. The molecule has 0 radical (unpaired) electrons. The van der Waals surface area contributed by atoms with E-state index in [-0.39, 0.29) is 23.8 Å². The van der Waals surface area contributed by atoms with Gasteiger partial charge in [0, 0.05) is 7.05 Å². The Labute approximate surface area is 85.7 Å². The van der Waals surface area contributed by atoms with E-state index < -0.39 is 4.92 Å². The molecule has 1 saturated heterocycles. The Bertz CT molecular complexity index is 389. The number of nitro groups is 1. The zero-order valence-corrected chi connectivity index (χ0v) is 8.41. The maximum absolute atomic E-state index is 10.6. The predicted octanol–water partition coefficient (Wildman–Crippen LogP) is 0.494. The molecule has 1 aliphatic heterocycles. The zero-order valence-electron chi connectivity index (χ0n) is 8.41. The van der Waals surface area contributed by atoms with Gasteiger partial charge in [-0.15, -0.1) is 5.10 Å².